The van der Waals surface area contributed by atoms with Crippen molar-refractivity contribution in [3.8, 4) is 0 Å². The highest BCUT2D eigenvalue weighted by Crippen LogP contribution is 2.35. The lowest BCUT2D eigenvalue weighted by molar-refractivity contribution is -0.143. The van der Waals surface area contributed by atoms with Crippen molar-refractivity contribution < 1.29 is 58.3 Å². The van der Waals surface area contributed by atoms with Gasteiger partial charge in [0.25, 0.3) is 0 Å². The van der Waals surface area contributed by atoms with E-state index >= 15 is 0 Å². The van der Waals surface area contributed by atoms with Gasteiger partial charge in [-0.15, -0.1) is 0 Å². The molecule has 1 aliphatic carbocycles. The van der Waals surface area contributed by atoms with Gasteiger partial charge in [-0.3, -0.25) is 24.0 Å². The molecule has 0 heterocycles. The number of aliphatic carboxylic acids is 3. The largest absolute Gasteiger partial charge is 0.481 e. The molecule has 2 atom stereocenters. The van der Waals surface area contributed by atoms with Crippen LogP contribution >= 0.6 is 0 Å². The second-order valence-corrected chi connectivity index (χ2v) is 17.0. The van der Waals surface area contributed by atoms with Crippen LogP contribution in [-0.4, -0.2) is 136 Å². The maximum absolute atomic E-state index is 13.1. The summed E-state index contributed by atoms with van der Waals surface area (Å²) < 4.78 is 16.4. The average Bonchev–Trinajstić information content (AvgIpc) is 3.15. The van der Waals surface area contributed by atoms with Crippen LogP contribution in [0.15, 0.2) is 0 Å². The molecular formula is C41H75N5O12. The van der Waals surface area contributed by atoms with Crippen molar-refractivity contribution in [1.82, 2.24) is 26.6 Å². The summed E-state index contributed by atoms with van der Waals surface area (Å²) >= 11 is 0. The van der Waals surface area contributed by atoms with Crippen molar-refractivity contribution in [2.75, 3.05) is 72.9 Å². The molecule has 8 N–H and O–H groups in total. The van der Waals surface area contributed by atoms with Gasteiger partial charge in [0.1, 0.15) is 12.1 Å². The molecule has 0 spiro atoms. The first-order valence-corrected chi connectivity index (χ1v) is 21.1. The van der Waals surface area contributed by atoms with Crippen molar-refractivity contribution in [2.24, 2.45) is 22.7 Å². The fourth-order valence-corrected chi connectivity index (χ4v) is 6.69. The first-order chi connectivity index (χ1) is 27.4. The Kier molecular flexibility index (Phi) is 27.0. The fraction of sp³-hybridized carbons (Fsp3) is 0.854. The summed E-state index contributed by atoms with van der Waals surface area (Å²) in [7, 11) is 1.89. The van der Waals surface area contributed by atoms with Crippen molar-refractivity contribution in [3.05, 3.63) is 0 Å². The second-order valence-electron chi connectivity index (χ2n) is 17.0. The number of carboxylic acids is 3. The number of carbonyl (C=O) groups excluding carboxylic acids is 3. The van der Waals surface area contributed by atoms with Gasteiger partial charge in [-0.05, 0) is 114 Å². The molecule has 1 aliphatic rings. The Hall–Kier alpha value is -3.38. The molecule has 336 valence electrons. The normalized spacial score (nSPS) is 16.9. The maximum atomic E-state index is 13.1. The maximum Gasteiger partial charge on any atom is 0.326 e. The van der Waals surface area contributed by atoms with E-state index in [0.717, 1.165) is 58.2 Å². The van der Waals surface area contributed by atoms with Gasteiger partial charge in [-0.25, -0.2) is 4.79 Å². The third kappa shape index (κ3) is 26.6. The first kappa shape index (κ1) is 52.6. The van der Waals surface area contributed by atoms with E-state index in [9.17, 15) is 33.9 Å². The van der Waals surface area contributed by atoms with Crippen molar-refractivity contribution in [2.45, 2.75) is 130 Å². The lowest BCUT2D eigenvalue weighted by Gasteiger charge is -2.31. The number of hydrogen-bond donors (Lipinski definition) is 8. The molecule has 0 aromatic heterocycles. The summed E-state index contributed by atoms with van der Waals surface area (Å²) in [6.45, 7) is 14.0. The monoisotopic (exact) mass is 830 g/mol. The van der Waals surface area contributed by atoms with E-state index in [0.29, 0.717) is 64.8 Å². The topological polar surface area (TPSA) is 251 Å². The van der Waals surface area contributed by atoms with Gasteiger partial charge < -0.3 is 56.1 Å². The van der Waals surface area contributed by atoms with Crippen LogP contribution in [-0.2, 0) is 43.0 Å². The van der Waals surface area contributed by atoms with Crippen molar-refractivity contribution in [3.63, 3.8) is 0 Å². The zero-order valence-electron chi connectivity index (χ0n) is 35.8. The zero-order valence-corrected chi connectivity index (χ0v) is 35.8. The molecule has 2 unspecified atom stereocenters. The van der Waals surface area contributed by atoms with E-state index in [1.54, 1.807) is 0 Å². The van der Waals surface area contributed by atoms with Crippen LogP contribution in [0.4, 0.5) is 0 Å². The average molecular weight is 830 g/mol. The Morgan fingerprint density at radius 2 is 1.22 bits per heavy atom. The molecule has 58 heavy (non-hydrogen) atoms. The molecule has 3 amide bonds. The highest BCUT2D eigenvalue weighted by atomic mass is 16.5. The molecule has 0 radical (unpaired) electrons. The van der Waals surface area contributed by atoms with Gasteiger partial charge >= 0.3 is 17.9 Å². The summed E-state index contributed by atoms with van der Waals surface area (Å²) in [4.78, 5) is 73.1. The van der Waals surface area contributed by atoms with Gasteiger partial charge in [0, 0.05) is 38.5 Å². The van der Waals surface area contributed by atoms with E-state index in [1.165, 1.54) is 0 Å². The van der Waals surface area contributed by atoms with Gasteiger partial charge in [-0.2, -0.15) is 0 Å². The fourth-order valence-electron chi connectivity index (χ4n) is 6.69. The molecule has 17 heteroatoms. The molecular weight excluding hydrogens is 754 g/mol. The first-order valence-electron chi connectivity index (χ1n) is 21.1. The highest BCUT2D eigenvalue weighted by molar-refractivity contribution is 5.89. The zero-order chi connectivity index (χ0) is 43.4. The molecule has 0 aromatic carbocycles. The number of amides is 3. The minimum absolute atomic E-state index is 0.0752. The van der Waals surface area contributed by atoms with Crippen LogP contribution in [0.5, 0.6) is 0 Å². The predicted molar refractivity (Wildman–Crippen MR) is 218 cm³/mol. The molecule has 0 aromatic rings. The van der Waals surface area contributed by atoms with Crippen LogP contribution in [0, 0.1) is 22.7 Å². The van der Waals surface area contributed by atoms with E-state index in [4.69, 9.17) is 24.4 Å². The minimum Gasteiger partial charge on any atom is -0.481 e. The Balaban J connectivity index is 2.39. The number of rotatable bonds is 35. The SMILES string of the molecule is CNCCCOCCOCCOCCCNC(=O)C(CCC(=O)O)NC(=O)CCC(NC(=O)C1CCC(CNCCC(C)(C)CCC(C)(C)CC(=O)O)CC1)C(=O)O. The molecule has 1 rings (SSSR count). The van der Waals surface area contributed by atoms with Crippen LogP contribution in [0.2, 0.25) is 0 Å². The van der Waals surface area contributed by atoms with Crippen LogP contribution in [0.3, 0.4) is 0 Å². The predicted octanol–water partition coefficient (Wildman–Crippen LogP) is 2.94. The number of nitrogens with one attached hydrogen (secondary N) is 5. The summed E-state index contributed by atoms with van der Waals surface area (Å²) in [6, 6.07) is -2.43. The van der Waals surface area contributed by atoms with Crippen molar-refractivity contribution >= 4 is 35.6 Å². The summed E-state index contributed by atoms with van der Waals surface area (Å²) in [5.74, 6) is -4.65. The van der Waals surface area contributed by atoms with E-state index in [-0.39, 0.29) is 61.3 Å². The van der Waals surface area contributed by atoms with Gasteiger partial charge in [0.2, 0.25) is 17.7 Å². The molecule has 17 nitrogen and oxygen atoms in total. The van der Waals surface area contributed by atoms with E-state index in [1.807, 2.05) is 20.9 Å². The standard InChI is InChI=1S/C41H75N5O12/c1-40(2,16-17-41(3,4)28-36(50)51)18-21-43-29-30-8-10-31(11-9-30)37(52)46-33(39(54)55)12-14-34(47)45-32(13-15-35(48)49)38(53)44-20-7-23-57-25-27-58-26-24-56-22-6-19-42-5/h30-33,42-43H,6-29H2,1-5H3,(H,44,53)(H,45,47)(H,46,52)(H,48,49)(H,50,51)(H,54,55). The van der Waals surface area contributed by atoms with Crippen molar-refractivity contribution in [1.29, 1.82) is 0 Å². The lowest BCUT2D eigenvalue weighted by atomic mass is 9.76. The van der Waals surface area contributed by atoms with Gasteiger partial charge in [0.05, 0.1) is 32.8 Å². The minimum atomic E-state index is -1.30. The highest BCUT2D eigenvalue weighted by Gasteiger charge is 2.31. The van der Waals surface area contributed by atoms with E-state index in [2.05, 4.69) is 40.4 Å². The van der Waals surface area contributed by atoms with E-state index < -0.39 is 41.8 Å². The number of carbonyl (C=O) groups is 6. The third-order valence-corrected chi connectivity index (χ3v) is 10.5. The van der Waals surface area contributed by atoms with Crippen LogP contribution in [0.1, 0.15) is 118 Å². The Labute approximate surface area is 345 Å². The second kappa shape index (κ2) is 29.8. The third-order valence-electron chi connectivity index (χ3n) is 10.5. The Morgan fingerprint density at radius 3 is 1.79 bits per heavy atom. The molecule has 0 saturated heterocycles. The number of hydrogen-bond acceptors (Lipinski definition) is 11. The lowest BCUT2D eigenvalue weighted by Crippen LogP contribution is -2.48. The quantitative estimate of drug-likeness (QED) is 0.0428. The number of ether oxygens (including phenoxy) is 3. The van der Waals surface area contributed by atoms with Crippen LogP contribution < -0.4 is 26.6 Å². The molecule has 0 bridgehead atoms. The Morgan fingerprint density at radius 1 is 0.655 bits per heavy atom. The molecule has 1 saturated carbocycles. The molecule has 0 aliphatic heterocycles. The summed E-state index contributed by atoms with van der Waals surface area (Å²) in [5.41, 5.74) is -0.170. The summed E-state index contributed by atoms with van der Waals surface area (Å²) in [6.07, 6.45) is 6.22. The number of carboxylic acid groups (broad SMARTS) is 3. The summed E-state index contributed by atoms with van der Waals surface area (Å²) in [5, 5.41) is 42.5. The van der Waals surface area contributed by atoms with Crippen LogP contribution in [0.25, 0.3) is 0 Å². The Bertz CT molecular complexity index is 1230. The van der Waals surface area contributed by atoms with Gasteiger partial charge in [0.15, 0.2) is 0 Å². The van der Waals surface area contributed by atoms with Gasteiger partial charge in [-0.1, -0.05) is 27.7 Å². The molecule has 1 fully saturated rings. The smallest absolute Gasteiger partial charge is 0.326 e.